The van der Waals surface area contributed by atoms with Crippen LogP contribution in [0.15, 0.2) is 138 Å². The number of rotatable bonds is 16. The number of unbranched alkanes of at least 4 members (excludes halogenated alkanes) is 1. The Morgan fingerprint density at radius 1 is 0.784 bits per heavy atom. The summed E-state index contributed by atoms with van der Waals surface area (Å²) in [5.74, 6) is 0.147. The van der Waals surface area contributed by atoms with Crippen molar-refractivity contribution in [3.8, 4) is 11.5 Å². The fourth-order valence-electron chi connectivity index (χ4n) is 5.45. The molecule has 0 radical (unpaired) electrons. The van der Waals surface area contributed by atoms with Crippen molar-refractivity contribution < 1.29 is 22.7 Å². The van der Waals surface area contributed by atoms with Crippen LogP contribution in [0.2, 0.25) is 10.0 Å². The number of ether oxygens (including phenoxy) is 1. The van der Waals surface area contributed by atoms with Gasteiger partial charge in [-0.3, -0.25) is 13.9 Å². The van der Waals surface area contributed by atoms with Crippen molar-refractivity contribution in [2.24, 2.45) is 0 Å². The Labute approximate surface area is 309 Å². The molecule has 0 aromatic heterocycles. The first-order valence-corrected chi connectivity index (χ1v) is 18.8. The van der Waals surface area contributed by atoms with Gasteiger partial charge in [0.1, 0.15) is 24.1 Å². The van der Waals surface area contributed by atoms with Gasteiger partial charge in [-0.1, -0.05) is 109 Å². The fraction of sp³-hybridized carbons (Fsp3) is 0.200. The van der Waals surface area contributed by atoms with E-state index in [1.165, 1.54) is 17.0 Å². The lowest BCUT2D eigenvalue weighted by Crippen LogP contribution is -2.53. The van der Waals surface area contributed by atoms with Crippen LogP contribution >= 0.6 is 23.2 Å². The first-order valence-electron chi connectivity index (χ1n) is 16.6. The number of sulfonamides is 1. The lowest BCUT2D eigenvalue weighted by Gasteiger charge is -2.34. The maximum Gasteiger partial charge on any atom is 0.264 e. The molecule has 5 aromatic rings. The first kappa shape index (κ1) is 37.4. The van der Waals surface area contributed by atoms with Crippen molar-refractivity contribution in [3.05, 3.63) is 155 Å². The number of nitrogens with zero attached hydrogens (tertiary/aromatic N) is 2. The number of nitrogens with one attached hydrogen (secondary N) is 1. The highest BCUT2D eigenvalue weighted by atomic mass is 35.5. The Bertz CT molecular complexity index is 2000. The van der Waals surface area contributed by atoms with E-state index < -0.39 is 28.5 Å². The summed E-state index contributed by atoms with van der Waals surface area (Å²) in [5, 5.41) is 3.71. The van der Waals surface area contributed by atoms with Crippen LogP contribution in [0, 0.1) is 0 Å². The van der Waals surface area contributed by atoms with Crippen molar-refractivity contribution in [2.45, 2.75) is 43.7 Å². The highest BCUT2D eigenvalue weighted by Gasteiger charge is 2.35. The van der Waals surface area contributed by atoms with Crippen molar-refractivity contribution in [2.75, 3.05) is 17.4 Å². The summed E-state index contributed by atoms with van der Waals surface area (Å²) in [6.07, 6.45) is 1.81. The van der Waals surface area contributed by atoms with Gasteiger partial charge in [0, 0.05) is 29.6 Å². The summed E-state index contributed by atoms with van der Waals surface area (Å²) in [7, 11) is -4.26. The molecule has 0 aliphatic carbocycles. The maximum atomic E-state index is 14.7. The number of amides is 2. The zero-order valence-corrected chi connectivity index (χ0v) is 30.4. The van der Waals surface area contributed by atoms with E-state index >= 15 is 0 Å². The molecule has 0 fully saturated rings. The second-order valence-electron chi connectivity index (χ2n) is 11.8. The Balaban J connectivity index is 1.55. The second kappa shape index (κ2) is 17.9. The number of para-hydroxylation sites is 1. The maximum absolute atomic E-state index is 14.7. The van der Waals surface area contributed by atoms with Crippen LogP contribution in [0.25, 0.3) is 0 Å². The number of hydrogen-bond acceptors (Lipinski definition) is 5. The Hall–Kier alpha value is -4.83. The van der Waals surface area contributed by atoms with Crippen LogP contribution < -0.4 is 14.4 Å². The van der Waals surface area contributed by atoms with Gasteiger partial charge in [-0.15, -0.1) is 0 Å². The standard InChI is InChI=1S/C40H39Cl2N3O5S/c1-2-3-25-43-40(47)38(26-30-13-7-4-8-14-30)44(28-31-19-20-32(41)27-37(31)42)39(46)29-45(51(48,49)36-17-11-6-12-18-36)33-21-23-35(24-22-33)50-34-15-9-5-10-16-34/h4-24,27,38H,2-3,25-26,28-29H2,1H3,(H,43,47)/t38-/m1/s1. The Morgan fingerprint density at radius 2 is 1.39 bits per heavy atom. The van der Waals surface area contributed by atoms with E-state index in [1.54, 1.807) is 60.7 Å². The molecule has 2 amide bonds. The zero-order chi connectivity index (χ0) is 36.2. The minimum atomic E-state index is -4.26. The summed E-state index contributed by atoms with van der Waals surface area (Å²) in [6.45, 7) is 1.77. The van der Waals surface area contributed by atoms with E-state index in [9.17, 15) is 18.0 Å². The number of carbonyl (C=O) groups excluding carboxylic acids is 2. The van der Waals surface area contributed by atoms with Crippen LogP contribution in [0.4, 0.5) is 5.69 Å². The third kappa shape index (κ3) is 10.1. The molecular weight excluding hydrogens is 705 g/mol. The minimum Gasteiger partial charge on any atom is -0.457 e. The summed E-state index contributed by atoms with van der Waals surface area (Å²) >= 11 is 12.8. The quantitative estimate of drug-likeness (QED) is 0.102. The van der Waals surface area contributed by atoms with Gasteiger partial charge in [0.15, 0.2) is 0 Å². The first-order chi connectivity index (χ1) is 24.7. The van der Waals surface area contributed by atoms with Gasteiger partial charge in [-0.25, -0.2) is 8.42 Å². The van der Waals surface area contributed by atoms with Gasteiger partial charge >= 0.3 is 0 Å². The third-order valence-electron chi connectivity index (χ3n) is 8.17. The van der Waals surface area contributed by atoms with Gasteiger partial charge in [0.05, 0.1) is 10.6 Å². The second-order valence-corrected chi connectivity index (χ2v) is 14.5. The van der Waals surface area contributed by atoms with Gasteiger partial charge in [-0.2, -0.15) is 0 Å². The molecule has 8 nitrogen and oxygen atoms in total. The van der Waals surface area contributed by atoms with E-state index in [2.05, 4.69) is 5.32 Å². The van der Waals surface area contributed by atoms with Crippen molar-refractivity contribution >= 4 is 50.7 Å². The van der Waals surface area contributed by atoms with Crippen LogP contribution in [-0.4, -0.2) is 44.3 Å². The number of carbonyl (C=O) groups is 2. The lowest BCUT2D eigenvalue weighted by molar-refractivity contribution is -0.140. The molecule has 0 saturated heterocycles. The molecule has 264 valence electrons. The number of benzene rings is 5. The molecule has 0 saturated carbocycles. The molecule has 0 heterocycles. The van der Waals surface area contributed by atoms with E-state index in [-0.39, 0.29) is 29.5 Å². The molecule has 0 spiro atoms. The highest BCUT2D eigenvalue weighted by molar-refractivity contribution is 7.92. The third-order valence-corrected chi connectivity index (χ3v) is 10.5. The van der Waals surface area contributed by atoms with Crippen LogP contribution in [0.1, 0.15) is 30.9 Å². The number of halogens is 2. The molecule has 5 aromatic carbocycles. The van der Waals surface area contributed by atoms with Gasteiger partial charge in [0.2, 0.25) is 11.8 Å². The average molecular weight is 745 g/mol. The van der Waals surface area contributed by atoms with Crippen molar-refractivity contribution in [3.63, 3.8) is 0 Å². The molecule has 0 aliphatic rings. The molecule has 1 atom stereocenters. The molecular formula is C40H39Cl2N3O5S. The van der Waals surface area contributed by atoms with Crippen molar-refractivity contribution in [1.29, 1.82) is 0 Å². The van der Waals surface area contributed by atoms with Crippen molar-refractivity contribution in [1.82, 2.24) is 10.2 Å². The molecule has 51 heavy (non-hydrogen) atoms. The topological polar surface area (TPSA) is 96.0 Å². The monoisotopic (exact) mass is 743 g/mol. The minimum absolute atomic E-state index is 0.00727. The Morgan fingerprint density at radius 3 is 2.02 bits per heavy atom. The van der Waals surface area contributed by atoms with Crippen LogP contribution in [0.3, 0.4) is 0 Å². The summed E-state index contributed by atoms with van der Waals surface area (Å²) < 4.78 is 35.6. The van der Waals surface area contributed by atoms with Gasteiger partial charge in [0.25, 0.3) is 10.0 Å². The zero-order valence-electron chi connectivity index (χ0n) is 28.1. The molecule has 5 rings (SSSR count). The predicted molar refractivity (Wildman–Crippen MR) is 203 cm³/mol. The van der Waals surface area contributed by atoms with Crippen LogP contribution in [0.5, 0.6) is 11.5 Å². The van der Waals surface area contributed by atoms with E-state index in [0.29, 0.717) is 33.7 Å². The molecule has 11 heteroatoms. The fourth-order valence-corrected chi connectivity index (χ4v) is 7.35. The van der Waals surface area contributed by atoms with E-state index in [4.69, 9.17) is 27.9 Å². The summed E-state index contributed by atoms with van der Waals surface area (Å²) in [5.41, 5.74) is 1.62. The summed E-state index contributed by atoms with van der Waals surface area (Å²) in [4.78, 5) is 30.1. The molecule has 0 aliphatic heterocycles. The highest BCUT2D eigenvalue weighted by Crippen LogP contribution is 2.30. The largest absolute Gasteiger partial charge is 0.457 e. The van der Waals surface area contributed by atoms with E-state index in [1.807, 2.05) is 67.6 Å². The predicted octanol–water partition coefficient (Wildman–Crippen LogP) is 8.54. The smallest absolute Gasteiger partial charge is 0.264 e. The molecule has 1 N–H and O–H groups in total. The van der Waals surface area contributed by atoms with Crippen LogP contribution in [-0.2, 0) is 32.6 Å². The summed E-state index contributed by atoms with van der Waals surface area (Å²) in [6, 6.07) is 36.9. The molecule has 0 unspecified atom stereocenters. The molecule has 0 bridgehead atoms. The van der Waals surface area contributed by atoms with Gasteiger partial charge in [-0.05, 0) is 78.2 Å². The Kier molecular flexibility index (Phi) is 13.1. The average Bonchev–Trinajstić information content (AvgIpc) is 3.14. The lowest BCUT2D eigenvalue weighted by atomic mass is 10.0. The van der Waals surface area contributed by atoms with E-state index in [0.717, 1.165) is 22.7 Å². The SMILES string of the molecule is CCCCNC(=O)[C@@H](Cc1ccccc1)N(Cc1ccc(Cl)cc1Cl)C(=O)CN(c1ccc(Oc2ccccc2)cc1)S(=O)(=O)c1ccccc1. The number of anilines is 1. The normalized spacial score (nSPS) is 11.7. The van der Waals surface area contributed by atoms with Gasteiger partial charge < -0.3 is 15.0 Å². The number of hydrogen-bond donors (Lipinski definition) is 1.